The summed E-state index contributed by atoms with van der Waals surface area (Å²) >= 11 is 0. The van der Waals surface area contributed by atoms with Crippen LogP contribution in [0.5, 0.6) is 5.75 Å². The summed E-state index contributed by atoms with van der Waals surface area (Å²) in [5.41, 5.74) is 1.22. The summed E-state index contributed by atoms with van der Waals surface area (Å²) < 4.78 is 5.13. The first-order valence-corrected chi connectivity index (χ1v) is 7.84. The molecule has 124 valence electrons. The second-order valence-electron chi connectivity index (χ2n) is 5.70. The zero-order valence-corrected chi connectivity index (χ0v) is 13.4. The van der Waals surface area contributed by atoms with Gasteiger partial charge in [0.15, 0.2) is 5.78 Å². The summed E-state index contributed by atoms with van der Waals surface area (Å²) in [6.07, 6.45) is 0.286. The topological polar surface area (TPSA) is 66.8 Å². The summed E-state index contributed by atoms with van der Waals surface area (Å²) in [5, 5.41) is 9.22. The van der Waals surface area contributed by atoms with Crippen molar-refractivity contribution in [3.05, 3.63) is 60.2 Å². The monoisotopic (exact) mass is 325 g/mol. The summed E-state index contributed by atoms with van der Waals surface area (Å²) in [6, 6.07) is 15.4. The van der Waals surface area contributed by atoms with Crippen molar-refractivity contribution >= 4 is 17.4 Å². The molecule has 3 rings (SSSR count). The van der Waals surface area contributed by atoms with E-state index < -0.39 is 12.0 Å². The maximum atomic E-state index is 12.9. The van der Waals surface area contributed by atoms with Crippen LogP contribution in [0.1, 0.15) is 16.8 Å². The molecule has 1 saturated heterocycles. The molecule has 1 heterocycles. The number of rotatable bonds is 6. The van der Waals surface area contributed by atoms with Crippen molar-refractivity contribution in [2.45, 2.75) is 12.5 Å². The number of amides is 1. The van der Waals surface area contributed by atoms with E-state index in [1.807, 2.05) is 6.07 Å². The Bertz CT molecular complexity index is 727. The van der Waals surface area contributed by atoms with E-state index in [9.17, 15) is 14.7 Å². The number of benzene rings is 2. The van der Waals surface area contributed by atoms with Crippen molar-refractivity contribution in [1.82, 2.24) is 0 Å². The molecule has 1 fully saturated rings. The smallest absolute Gasteiger partial charge is 0.233 e. The van der Waals surface area contributed by atoms with Crippen LogP contribution in [-0.2, 0) is 4.79 Å². The van der Waals surface area contributed by atoms with Crippen LogP contribution in [0.4, 0.5) is 5.69 Å². The molecule has 0 aromatic heterocycles. The average molecular weight is 325 g/mol. The van der Waals surface area contributed by atoms with Gasteiger partial charge in [-0.1, -0.05) is 30.3 Å². The third-order valence-electron chi connectivity index (χ3n) is 4.33. The number of nitrogens with zero attached hydrogens (tertiary/aromatic N) is 1. The van der Waals surface area contributed by atoms with Gasteiger partial charge < -0.3 is 14.7 Å². The van der Waals surface area contributed by atoms with Gasteiger partial charge in [-0.25, -0.2) is 0 Å². The van der Waals surface area contributed by atoms with Gasteiger partial charge in [-0.2, -0.15) is 0 Å². The van der Waals surface area contributed by atoms with Crippen LogP contribution in [0.3, 0.4) is 0 Å². The highest BCUT2D eigenvalue weighted by atomic mass is 16.5. The molecular formula is C19H19NO4. The van der Waals surface area contributed by atoms with Crippen LogP contribution >= 0.6 is 0 Å². The zero-order chi connectivity index (χ0) is 17.1. The van der Waals surface area contributed by atoms with Gasteiger partial charge >= 0.3 is 0 Å². The van der Waals surface area contributed by atoms with Crippen LogP contribution in [0.2, 0.25) is 0 Å². The number of methoxy groups -OCH3 is 1. The number of ketones is 1. The first-order chi connectivity index (χ1) is 11.7. The van der Waals surface area contributed by atoms with Crippen LogP contribution in [0, 0.1) is 5.92 Å². The fourth-order valence-electron chi connectivity index (χ4n) is 3.07. The molecule has 0 spiro atoms. The Morgan fingerprint density at radius 3 is 2.38 bits per heavy atom. The molecule has 5 heteroatoms. The Kier molecular flexibility index (Phi) is 4.62. The lowest BCUT2D eigenvalue weighted by Gasteiger charge is -2.46. The predicted molar refractivity (Wildman–Crippen MR) is 90.2 cm³/mol. The minimum atomic E-state index is -0.583. The molecule has 1 N–H and O–H groups in total. The van der Waals surface area contributed by atoms with Crippen molar-refractivity contribution in [2.75, 3.05) is 18.6 Å². The van der Waals surface area contributed by atoms with Gasteiger partial charge in [0.05, 0.1) is 13.0 Å². The lowest BCUT2D eigenvalue weighted by Crippen LogP contribution is -2.65. The lowest BCUT2D eigenvalue weighted by molar-refractivity contribution is -0.129. The highest BCUT2D eigenvalue weighted by Crippen LogP contribution is 2.37. The van der Waals surface area contributed by atoms with Gasteiger partial charge in [0.1, 0.15) is 11.8 Å². The number of aliphatic hydroxyl groups excluding tert-OH is 1. The zero-order valence-electron chi connectivity index (χ0n) is 13.4. The second kappa shape index (κ2) is 6.84. The van der Waals surface area contributed by atoms with E-state index >= 15 is 0 Å². The highest BCUT2D eigenvalue weighted by Gasteiger charge is 2.51. The molecule has 2 aromatic carbocycles. The minimum absolute atomic E-state index is 0.107. The maximum absolute atomic E-state index is 12.9. The highest BCUT2D eigenvalue weighted by molar-refractivity contribution is 6.16. The Labute approximate surface area is 140 Å². The van der Waals surface area contributed by atoms with Gasteiger partial charge in [-0.15, -0.1) is 0 Å². The van der Waals surface area contributed by atoms with E-state index in [0.717, 1.165) is 0 Å². The number of hydrogen-bond acceptors (Lipinski definition) is 4. The summed E-state index contributed by atoms with van der Waals surface area (Å²) in [6.45, 7) is -0.120. The van der Waals surface area contributed by atoms with E-state index in [-0.39, 0.29) is 24.7 Å². The van der Waals surface area contributed by atoms with Crippen molar-refractivity contribution in [3.8, 4) is 5.75 Å². The van der Waals surface area contributed by atoms with Crippen LogP contribution < -0.4 is 9.64 Å². The lowest BCUT2D eigenvalue weighted by atomic mass is 9.79. The Morgan fingerprint density at radius 1 is 1.12 bits per heavy atom. The fraction of sp³-hybridized carbons (Fsp3) is 0.263. The number of aliphatic hydroxyl groups is 1. The van der Waals surface area contributed by atoms with Crippen molar-refractivity contribution < 1.29 is 19.4 Å². The molecule has 1 aliphatic rings. The van der Waals surface area contributed by atoms with Crippen LogP contribution in [-0.4, -0.2) is 36.6 Å². The minimum Gasteiger partial charge on any atom is -0.497 e. The van der Waals surface area contributed by atoms with E-state index in [2.05, 4.69) is 0 Å². The normalized spacial score (nSPS) is 19.8. The van der Waals surface area contributed by atoms with Gasteiger partial charge in [0, 0.05) is 17.9 Å². The summed E-state index contributed by atoms with van der Waals surface area (Å²) in [7, 11) is 1.57. The average Bonchev–Trinajstić information content (AvgIpc) is 2.64. The molecule has 24 heavy (non-hydrogen) atoms. The van der Waals surface area contributed by atoms with Crippen molar-refractivity contribution in [2.24, 2.45) is 5.92 Å². The molecule has 0 saturated carbocycles. The summed E-state index contributed by atoms with van der Waals surface area (Å²) in [4.78, 5) is 26.9. The predicted octanol–water partition coefficient (Wildman–Crippen LogP) is 2.29. The Balaban J connectivity index is 1.91. The molecule has 0 bridgehead atoms. The van der Waals surface area contributed by atoms with E-state index in [1.54, 1.807) is 55.6 Å². The number of Topliss-reactive ketones (excluding diaryl/α,β-unsaturated/α-hetero) is 1. The number of β-lactam (4-membered cyclic amide) rings is 1. The third-order valence-corrected chi connectivity index (χ3v) is 4.33. The largest absolute Gasteiger partial charge is 0.497 e. The van der Waals surface area contributed by atoms with Gasteiger partial charge in [0.2, 0.25) is 5.91 Å². The van der Waals surface area contributed by atoms with Gasteiger partial charge in [-0.3, -0.25) is 9.59 Å². The number of carbonyl (C=O) groups is 2. The van der Waals surface area contributed by atoms with Gasteiger partial charge in [0.25, 0.3) is 0 Å². The molecule has 2 atom stereocenters. The number of carbonyl (C=O) groups excluding carboxylic acids is 2. The van der Waals surface area contributed by atoms with E-state index in [4.69, 9.17) is 4.74 Å². The fourth-order valence-corrected chi connectivity index (χ4v) is 3.07. The Morgan fingerprint density at radius 2 is 1.79 bits per heavy atom. The molecule has 1 amide bonds. The molecule has 1 aliphatic heterocycles. The maximum Gasteiger partial charge on any atom is 0.233 e. The third kappa shape index (κ3) is 2.78. The second-order valence-corrected chi connectivity index (χ2v) is 5.70. The number of anilines is 1. The first-order valence-electron chi connectivity index (χ1n) is 7.84. The Hall–Kier alpha value is -2.66. The quantitative estimate of drug-likeness (QED) is 0.654. The van der Waals surface area contributed by atoms with Crippen LogP contribution in [0.15, 0.2) is 54.6 Å². The van der Waals surface area contributed by atoms with E-state index in [0.29, 0.717) is 17.0 Å². The molecule has 0 aliphatic carbocycles. The number of ether oxygens (including phenoxy) is 1. The molecule has 2 aromatic rings. The molecule has 0 radical (unpaired) electrons. The molecular weight excluding hydrogens is 306 g/mol. The van der Waals surface area contributed by atoms with Crippen molar-refractivity contribution in [3.63, 3.8) is 0 Å². The van der Waals surface area contributed by atoms with Gasteiger partial charge in [-0.05, 0) is 30.7 Å². The summed E-state index contributed by atoms with van der Waals surface area (Å²) in [5.74, 6) is -0.0395. The molecule has 0 unspecified atom stereocenters. The van der Waals surface area contributed by atoms with Crippen molar-refractivity contribution in [1.29, 1.82) is 0 Å². The SMILES string of the molecule is COc1ccc(N2C(=O)[C@@H](CCO)[C@H]2C(=O)c2ccccc2)cc1. The molecule has 5 nitrogen and oxygen atoms in total. The van der Waals surface area contributed by atoms with E-state index in [1.165, 1.54) is 4.90 Å². The standard InChI is InChI=1S/C19H19NO4/c1-24-15-9-7-14(8-10-15)20-17(16(11-12-21)19(20)23)18(22)13-5-3-2-4-6-13/h2-10,16-17,21H,11-12H2,1H3/t16-,17-/m0/s1. The number of hydrogen-bond donors (Lipinski definition) is 1. The van der Waals surface area contributed by atoms with Crippen LogP contribution in [0.25, 0.3) is 0 Å². The first kappa shape index (κ1) is 16.2.